The van der Waals surface area contributed by atoms with Crippen LogP contribution in [0.25, 0.3) is 10.9 Å². The molecule has 0 saturated heterocycles. The van der Waals surface area contributed by atoms with Crippen LogP contribution in [0.3, 0.4) is 0 Å². The van der Waals surface area contributed by atoms with Gasteiger partial charge in [-0.05, 0) is 36.5 Å². The predicted octanol–water partition coefficient (Wildman–Crippen LogP) is 2.79. The normalized spacial score (nSPS) is 14.5. The van der Waals surface area contributed by atoms with Gasteiger partial charge in [0.05, 0.1) is 5.52 Å². The van der Waals surface area contributed by atoms with Gasteiger partial charge < -0.3 is 0 Å². The Balaban J connectivity index is 2.41. The highest BCUT2D eigenvalue weighted by Gasteiger charge is 2.17. The first-order chi connectivity index (χ1) is 7.27. The Morgan fingerprint density at radius 1 is 1.27 bits per heavy atom. The van der Waals surface area contributed by atoms with Crippen LogP contribution in [0.4, 0.5) is 0 Å². The quantitative estimate of drug-likeness (QED) is 0.639. The van der Waals surface area contributed by atoms with Crippen LogP contribution in [0.1, 0.15) is 29.3 Å². The summed E-state index contributed by atoms with van der Waals surface area (Å²) in [6.45, 7) is 1.62. The summed E-state index contributed by atoms with van der Waals surface area (Å²) in [6.07, 6.45) is 5.38. The molecule has 3 rings (SSSR count). The largest absolute Gasteiger partial charge is 0.287 e. The van der Waals surface area contributed by atoms with Gasteiger partial charge in [0.25, 0.3) is 0 Å². The highest BCUT2D eigenvalue weighted by molar-refractivity contribution is 5.94. The molecule has 0 spiro atoms. The van der Waals surface area contributed by atoms with E-state index in [1.54, 1.807) is 11.5 Å². The van der Waals surface area contributed by atoms with Gasteiger partial charge in [0.15, 0.2) is 0 Å². The molecular weight excluding hydrogens is 186 g/mol. The lowest BCUT2D eigenvalue weighted by molar-refractivity contribution is 0.0941. The minimum atomic E-state index is 0.102. The van der Waals surface area contributed by atoms with Crippen LogP contribution in [-0.4, -0.2) is 10.5 Å². The number of aryl methyl sites for hydroxylation is 2. The third-order valence-electron chi connectivity index (χ3n) is 3.27. The second kappa shape index (κ2) is 2.96. The topological polar surface area (TPSA) is 22.0 Å². The maximum atomic E-state index is 11.5. The number of hydrogen-bond acceptors (Lipinski definition) is 1. The van der Waals surface area contributed by atoms with Crippen LogP contribution in [0.2, 0.25) is 0 Å². The molecule has 1 heterocycles. The minimum absolute atomic E-state index is 0.102. The average Bonchev–Trinajstić information content (AvgIpc) is 2.82. The van der Waals surface area contributed by atoms with Crippen molar-refractivity contribution in [2.45, 2.75) is 26.2 Å². The van der Waals surface area contributed by atoms with Gasteiger partial charge in [0, 0.05) is 18.5 Å². The Labute approximate surface area is 88.5 Å². The van der Waals surface area contributed by atoms with E-state index in [1.165, 1.54) is 22.9 Å². The van der Waals surface area contributed by atoms with Gasteiger partial charge in [-0.2, -0.15) is 0 Å². The summed E-state index contributed by atoms with van der Waals surface area (Å²) < 4.78 is 1.78. The molecule has 2 aromatic rings. The van der Waals surface area contributed by atoms with Gasteiger partial charge in [-0.25, -0.2) is 0 Å². The van der Waals surface area contributed by atoms with E-state index in [-0.39, 0.29) is 5.91 Å². The Morgan fingerprint density at radius 2 is 2.13 bits per heavy atom. The number of fused-ring (bicyclic) bond motifs is 3. The first-order valence-corrected chi connectivity index (χ1v) is 5.40. The second-order valence-electron chi connectivity index (χ2n) is 4.20. The average molecular weight is 199 g/mol. The molecule has 76 valence electrons. The zero-order chi connectivity index (χ0) is 10.4. The summed E-state index contributed by atoms with van der Waals surface area (Å²) in [5.41, 5.74) is 3.94. The summed E-state index contributed by atoms with van der Waals surface area (Å²) in [7, 11) is 0. The number of hydrogen-bond donors (Lipinski definition) is 0. The van der Waals surface area contributed by atoms with Crippen molar-refractivity contribution in [2.24, 2.45) is 0 Å². The monoisotopic (exact) mass is 199 g/mol. The molecular formula is C13H13NO. The van der Waals surface area contributed by atoms with Crippen molar-refractivity contribution in [1.29, 1.82) is 0 Å². The van der Waals surface area contributed by atoms with E-state index < -0.39 is 0 Å². The van der Waals surface area contributed by atoms with Crippen molar-refractivity contribution in [1.82, 2.24) is 4.57 Å². The lowest BCUT2D eigenvalue weighted by atomic mass is 10.1. The fourth-order valence-corrected chi connectivity index (χ4v) is 2.58. The highest BCUT2D eigenvalue weighted by atomic mass is 16.1. The molecule has 0 atom stereocenters. The van der Waals surface area contributed by atoms with Crippen LogP contribution in [-0.2, 0) is 12.8 Å². The summed E-state index contributed by atoms with van der Waals surface area (Å²) >= 11 is 0. The molecule has 0 amide bonds. The van der Waals surface area contributed by atoms with Crippen molar-refractivity contribution in [3.05, 3.63) is 35.5 Å². The Kier molecular flexibility index (Phi) is 1.72. The number of carbonyl (C=O) groups excluding carboxylic acids is 1. The van der Waals surface area contributed by atoms with Gasteiger partial charge >= 0.3 is 0 Å². The molecule has 2 heteroatoms. The summed E-state index contributed by atoms with van der Waals surface area (Å²) in [4.78, 5) is 11.5. The van der Waals surface area contributed by atoms with E-state index in [9.17, 15) is 4.79 Å². The van der Waals surface area contributed by atoms with Crippen LogP contribution in [0.15, 0.2) is 24.4 Å². The molecule has 0 radical (unpaired) electrons. The molecule has 2 nitrogen and oxygen atoms in total. The SMILES string of the molecule is CC(=O)n1ccc2ccc3c(c21)CCC3. The first-order valence-electron chi connectivity index (χ1n) is 5.40. The number of carbonyl (C=O) groups is 1. The third-order valence-corrected chi connectivity index (χ3v) is 3.27. The van der Waals surface area contributed by atoms with Gasteiger partial charge in [0.2, 0.25) is 5.91 Å². The molecule has 1 aromatic heterocycles. The number of benzene rings is 1. The van der Waals surface area contributed by atoms with Crippen molar-refractivity contribution >= 4 is 16.8 Å². The molecule has 0 saturated carbocycles. The van der Waals surface area contributed by atoms with Crippen LogP contribution >= 0.6 is 0 Å². The Hall–Kier alpha value is -1.57. The van der Waals surface area contributed by atoms with Crippen LogP contribution < -0.4 is 0 Å². The van der Waals surface area contributed by atoms with E-state index in [0.29, 0.717) is 0 Å². The zero-order valence-corrected chi connectivity index (χ0v) is 8.79. The Morgan fingerprint density at radius 3 is 2.93 bits per heavy atom. The van der Waals surface area contributed by atoms with E-state index >= 15 is 0 Å². The van der Waals surface area contributed by atoms with Crippen molar-refractivity contribution in [2.75, 3.05) is 0 Å². The number of nitrogens with zero attached hydrogens (tertiary/aromatic N) is 1. The van der Waals surface area contributed by atoms with E-state index in [1.807, 2.05) is 12.3 Å². The Bertz CT molecular complexity index is 551. The first kappa shape index (κ1) is 8.72. The molecule has 1 aliphatic carbocycles. The molecule has 0 bridgehead atoms. The number of rotatable bonds is 0. The lowest BCUT2D eigenvalue weighted by Crippen LogP contribution is -2.04. The van der Waals surface area contributed by atoms with E-state index in [2.05, 4.69) is 12.1 Å². The smallest absolute Gasteiger partial charge is 0.227 e. The highest BCUT2D eigenvalue weighted by Crippen LogP contribution is 2.30. The molecule has 1 aromatic carbocycles. The van der Waals surface area contributed by atoms with Gasteiger partial charge in [0.1, 0.15) is 0 Å². The molecule has 15 heavy (non-hydrogen) atoms. The van der Waals surface area contributed by atoms with Gasteiger partial charge in [-0.1, -0.05) is 12.1 Å². The molecule has 0 unspecified atom stereocenters. The minimum Gasteiger partial charge on any atom is -0.287 e. The molecule has 0 fully saturated rings. The van der Waals surface area contributed by atoms with E-state index in [0.717, 1.165) is 18.4 Å². The molecule has 1 aliphatic rings. The second-order valence-corrected chi connectivity index (χ2v) is 4.20. The fraction of sp³-hybridized carbons (Fsp3) is 0.308. The maximum absolute atomic E-state index is 11.5. The van der Waals surface area contributed by atoms with Gasteiger partial charge in [-0.15, -0.1) is 0 Å². The molecule has 0 aliphatic heterocycles. The standard InChI is InChI=1S/C13H13NO/c1-9(15)14-8-7-11-6-5-10-3-2-4-12(10)13(11)14/h5-8H,2-4H2,1H3. The van der Waals surface area contributed by atoms with Crippen molar-refractivity contribution < 1.29 is 4.79 Å². The third kappa shape index (κ3) is 1.14. The van der Waals surface area contributed by atoms with Gasteiger partial charge in [-0.3, -0.25) is 9.36 Å². The van der Waals surface area contributed by atoms with Crippen LogP contribution in [0, 0.1) is 0 Å². The maximum Gasteiger partial charge on any atom is 0.227 e. The molecule has 0 N–H and O–H groups in total. The number of aromatic nitrogens is 1. The lowest BCUT2D eigenvalue weighted by Gasteiger charge is -2.05. The summed E-state index contributed by atoms with van der Waals surface area (Å²) in [5, 5.41) is 1.19. The summed E-state index contributed by atoms with van der Waals surface area (Å²) in [5.74, 6) is 0.102. The predicted molar refractivity (Wildman–Crippen MR) is 60.3 cm³/mol. The van der Waals surface area contributed by atoms with E-state index in [4.69, 9.17) is 0 Å². The fourth-order valence-electron chi connectivity index (χ4n) is 2.58. The summed E-state index contributed by atoms with van der Waals surface area (Å²) in [6, 6.07) is 6.35. The van der Waals surface area contributed by atoms with Crippen molar-refractivity contribution in [3.8, 4) is 0 Å². The van der Waals surface area contributed by atoms with Crippen LogP contribution in [0.5, 0.6) is 0 Å². The zero-order valence-electron chi connectivity index (χ0n) is 8.79. The van der Waals surface area contributed by atoms with Crippen molar-refractivity contribution in [3.63, 3.8) is 0 Å².